The smallest absolute Gasteiger partial charge is 0.264 e. The molecule has 0 aliphatic heterocycles. The van der Waals surface area contributed by atoms with E-state index in [0.29, 0.717) is 6.54 Å². The lowest BCUT2D eigenvalue weighted by molar-refractivity contribution is 0.0791. The first-order valence-corrected chi connectivity index (χ1v) is 10.1. The number of carbonyl (C=O) groups is 1. The molecular formula is C16H19N3OS3. The summed E-state index contributed by atoms with van der Waals surface area (Å²) >= 11 is 4.83. The molecule has 0 saturated carbocycles. The van der Waals surface area contributed by atoms with Gasteiger partial charge in [0, 0.05) is 25.0 Å². The van der Waals surface area contributed by atoms with Crippen molar-refractivity contribution in [3.8, 4) is 0 Å². The largest absolute Gasteiger partial charge is 0.349 e. The zero-order chi connectivity index (χ0) is 16.4. The summed E-state index contributed by atoms with van der Waals surface area (Å²) < 4.78 is 1.10. The van der Waals surface area contributed by atoms with Crippen molar-refractivity contribution in [3.63, 3.8) is 0 Å². The molecule has 3 heterocycles. The minimum absolute atomic E-state index is 0.0676. The zero-order valence-corrected chi connectivity index (χ0v) is 15.9. The van der Waals surface area contributed by atoms with E-state index in [1.807, 2.05) is 24.6 Å². The number of rotatable bonds is 6. The van der Waals surface area contributed by atoms with Crippen LogP contribution < -0.4 is 4.90 Å². The van der Waals surface area contributed by atoms with E-state index in [0.717, 1.165) is 32.6 Å². The van der Waals surface area contributed by atoms with Gasteiger partial charge in [-0.1, -0.05) is 17.4 Å². The van der Waals surface area contributed by atoms with Crippen LogP contribution in [0.4, 0.5) is 5.13 Å². The third kappa shape index (κ3) is 3.41. The van der Waals surface area contributed by atoms with E-state index in [1.165, 1.54) is 16.2 Å². The number of amides is 1. The molecule has 0 fully saturated rings. The number of anilines is 1. The highest BCUT2D eigenvalue weighted by Crippen LogP contribution is 2.35. The van der Waals surface area contributed by atoms with Crippen LogP contribution in [-0.4, -0.2) is 35.9 Å². The molecule has 0 aromatic carbocycles. The van der Waals surface area contributed by atoms with Crippen LogP contribution >= 0.6 is 34.0 Å². The highest BCUT2D eigenvalue weighted by atomic mass is 32.1. The van der Waals surface area contributed by atoms with Gasteiger partial charge in [0.15, 0.2) is 5.13 Å². The van der Waals surface area contributed by atoms with Gasteiger partial charge in [0.1, 0.15) is 4.83 Å². The van der Waals surface area contributed by atoms with E-state index in [1.54, 1.807) is 27.6 Å². The lowest BCUT2D eigenvalue weighted by Crippen LogP contribution is -2.24. The van der Waals surface area contributed by atoms with Crippen molar-refractivity contribution >= 4 is 54.6 Å². The zero-order valence-electron chi connectivity index (χ0n) is 13.4. The molecular weight excluding hydrogens is 346 g/mol. The molecule has 4 nitrogen and oxygen atoms in total. The third-order valence-corrected chi connectivity index (χ3v) is 6.71. The van der Waals surface area contributed by atoms with E-state index in [-0.39, 0.29) is 5.91 Å². The highest BCUT2D eigenvalue weighted by Gasteiger charge is 2.18. The molecule has 122 valence electrons. The molecule has 0 aliphatic rings. The number of aromatic nitrogens is 1. The minimum atomic E-state index is 0.0676. The Morgan fingerprint density at radius 3 is 2.65 bits per heavy atom. The van der Waals surface area contributed by atoms with Crippen molar-refractivity contribution in [1.82, 2.24) is 9.88 Å². The van der Waals surface area contributed by atoms with Crippen molar-refractivity contribution in [3.05, 3.63) is 33.3 Å². The summed E-state index contributed by atoms with van der Waals surface area (Å²) in [5.74, 6) is 0.0676. The molecule has 0 atom stereocenters. The molecule has 23 heavy (non-hydrogen) atoms. The number of fused-ring (bicyclic) bond motifs is 1. The van der Waals surface area contributed by atoms with Crippen LogP contribution in [0, 0.1) is 0 Å². The van der Waals surface area contributed by atoms with Gasteiger partial charge in [-0.2, -0.15) is 0 Å². The molecule has 0 unspecified atom stereocenters. The topological polar surface area (TPSA) is 36.4 Å². The number of thiophene rings is 2. The van der Waals surface area contributed by atoms with Gasteiger partial charge in [0.2, 0.25) is 0 Å². The predicted molar refractivity (Wildman–Crippen MR) is 101 cm³/mol. The van der Waals surface area contributed by atoms with Crippen LogP contribution in [0.1, 0.15) is 28.4 Å². The minimum Gasteiger partial charge on any atom is -0.349 e. The van der Waals surface area contributed by atoms with Crippen LogP contribution in [0.25, 0.3) is 9.53 Å². The Morgan fingerprint density at radius 2 is 2.04 bits per heavy atom. The van der Waals surface area contributed by atoms with Gasteiger partial charge >= 0.3 is 0 Å². The van der Waals surface area contributed by atoms with Crippen LogP contribution in [0.3, 0.4) is 0 Å². The quantitative estimate of drug-likeness (QED) is 0.643. The average Bonchev–Trinajstić information content (AvgIpc) is 3.23. The van der Waals surface area contributed by atoms with Gasteiger partial charge in [-0.15, -0.1) is 22.7 Å². The Labute approximate surface area is 148 Å². The normalized spacial score (nSPS) is 11.1. The molecule has 3 aromatic rings. The van der Waals surface area contributed by atoms with Gasteiger partial charge in [-0.3, -0.25) is 4.79 Å². The lowest BCUT2D eigenvalue weighted by Gasteiger charge is -2.16. The molecule has 0 radical (unpaired) electrons. The predicted octanol–water partition coefficient (Wildman–Crippen LogP) is 4.54. The summed E-state index contributed by atoms with van der Waals surface area (Å²) in [5.41, 5.74) is 0. The molecule has 0 spiro atoms. The van der Waals surface area contributed by atoms with Crippen molar-refractivity contribution in [2.45, 2.75) is 20.4 Å². The summed E-state index contributed by atoms with van der Waals surface area (Å²) in [6.07, 6.45) is 0. The fourth-order valence-electron chi connectivity index (χ4n) is 2.35. The van der Waals surface area contributed by atoms with Crippen LogP contribution in [0.15, 0.2) is 23.6 Å². The molecule has 3 rings (SSSR count). The van der Waals surface area contributed by atoms with Crippen LogP contribution in [0.5, 0.6) is 0 Å². The number of nitrogens with zero attached hydrogens (tertiary/aromatic N) is 3. The lowest BCUT2D eigenvalue weighted by atomic mass is 10.4. The van der Waals surface area contributed by atoms with Gasteiger partial charge in [-0.25, -0.2) is 4.98 Å². The third-order valence-electron chi connectivity index (χ3n) is 3.64. The van der Waals surface area contributed by atoms with Crippen molar-refractivity contribution in [1.29, 1.82) is 0 Å². The Kier molecular flexibility index (Phi) is 4.99. The monoisotopic (exact) mass is 365 g/mol. The molecule has 0 saturated heterocycles. The summed E-state index contributed by atoms with van der Waals surface area (Å²) in [5, 5.41) is 3.08. The molecule has 3 aromatic heterocycles. The first-order valence-electron chi connectivity index (χ1n) is 7.55. The number of carbonyl (C=O) groups excluding carboxylic acids is 1. The molecule has 0 N–H and O–H groups in total. The van der Waals surface area contributed by atoms with Crippen LogP contribution in [0.2, 0.25) is 0 Å². The molecule has 0 bridgehead atoms. The van der Waals surface area contributed by atoms with Gasteiger partial charge in [0.05, 0.1) is 16.1 Å². The summed E-state index contributed by atoms with van der Waals surface area (Å²) in [4.78, 5) is 24.2. The van der Waals surface area contributed by atoms with Crippen molar-refractivity contribution in [2.75, 3.05) is 25.0 Å². The Hall–Kier alpha value is -1.44. The Morgan fingerprint density at radius 1 is 1.26 bits per heavy atom. The summed E-state index contributed by atoms with van der Waals surface area (Å²) in [6.45, 7) is 6.82. The van der Waals surface area contributed by atoms with Gasteiger partial charge in [-0.05, 0) is 31.4 Å². The maximum Gasteiger partial charge on any atom is 0.264 e. The van der Waals surface area contributed by atoms with E-state index in [4.69, 9.17) is 0 Å². The van der Waals surface area contributed by atoms with Gasteiger partial charge in [0.25, 0.3) is 5.91 Å². The van der Waals surface area contributed by atoms with E-state index in [2.05, 4.69) is 29.8 Å². The van der Waals surface area contributed by atoms with Crippen LogP contribution in [-0.2, 0) is 6.54 Å². The van der Waals surface area contributed by atoms with E-state index < -0.39 is 0 Å². The van der Waals surface area contributed by atoms with E-state index >= 15 is 0 Å². The number of hydrogen-bond donors (Lipinski definition) is 0. The second-order valence-corrected chi connectivity index (χ2v) is 8.26. The highest BCUT2D eigenvalue weighted by molar-refractivity contribution is 7.29. The van der Waals surface area contributed by atoms with Crippen molar-refractivity contribution in [2.24, 2.45) is 0 Å². The standard InChI is InChI=1S/C16H19N3OS3/c1-4-19(5-2)16-17-14-12(23-16)9-13(22-14)15(20)18(3)10-11-7-6-8-21-11/h6-9H,4-5,10H2,1-3H3. The average molecular weight is 366 g/mol. The first kappa shape index (κ1) is 16.4. The maximum absolute atomic E-state index is 12.6. The molecule has 1 amide bonds. The Bertz CT molecular complexity index is 755. The van der Waals surface area contributed by atoms with Gasteiger partial charge < -0.3 is 9.80 Å². The Balaban J connectivity index is 1.77. The van der Waals surface area contributed by atoms with Crippen molar-refractivity contribution < 1.29 is 4.79 Å². The SMILES string of the molecule is CCN(CC)c1nc2sc(C(=O)N(C)Cc3cccs3)cc2s1. The first-order chi connectivity index (χ1) is 11.1. The maximum atomic E-state index is 12.6. The second-order valence-electron chi connectivity index (χ2n) is 5.19. The van der Waals surface area contributed by atoms with E-state index in [9.17, 15) is 4.79 Å². The fraction of sp³-hybridized carbons (Fsp3) is 0.375. The summed E-state index contributed by atoms with van der Waals surface area (Å²) in [6, 6.07) is 6.05. The fourth-order valence-corrected chi connectivity index (χ4v) is 5.44. The second kappa shape index (κ2) is 6.98. The summed E-state index contributed by atoms with van der Waals surface area (Å²) in [7, 11) is 1.85. The number of thiazole rings is 1. The number of hydrogen-bond acceptors (Lipinski definition) is 6. The molecule has 7 heteroatoms. The molecule has 0 aliphatic carbocycles.